The highest BCUT2D eigenvalue weighted by Gasteiger charge is 2.28. The van der Waals surface area contributed by atoms with E-state index in [4.69, 9.17) is 9.15 Å². The molecule has 0 amide bonds. The molecule has 0 saturated carbocycles. The van der Waals surface area contributed by atoms with Crippen molar-refractivity contribution in [3.05, 3.63) is 58.8 Å². The molecule has 7 nitrogen and oxygen atoms in total. The number of benzene rings is 1. The van der Waals surface area contributed by atoms with Gasteiger partial charge in [0, 0.05) is 13.1 Å². The van der Waals surface area contributed by atoms with E-state index < -0.39 is 16.0 Å². The molecule has 0 unspecified atom stereocenters. The molecule has 0 atom stereocenters. The van der Waals surface area contributed by atoms with Crippen molar-refractivity contribution in [2.45, 2.75) is 37.7 Å². The van der Waals surface area contributed by atoms with Crippen LogP contribution in [0.5, 0.6) is 0 Å². The molecule has 9 heteroatoms. The van der Waals surface area contributed by atoms with Gasteiger partial charge in [-0.05, 0) is 48.9 Å². The Labute approximate surface area is 179 Å². The molecule has 3 heterocycles. The molecule has 1 aliphatic heterocycles. The number of carbonyl (C=O) groups excluding carboxylic acids is 1. The highest BCUT2D eigenvalue weighted by Crippen LogP contribution is 2.26. The quantitative estimate of drug-likeness (QED) is 0.526. The summed E-state index contributed by atoms with van der Waals surface area (Å²) >= 11 is 1.50. The van der Waals surface area contributed by atoms with Gasteiger partial charge in [-0.1, -0.05) is 18.6 Å². The average molecular weight is 447 g/mol. The van der Waals surface area contributed by atoms with Gasteiger partial charge in [-0.15, -0.1) is 11.3 Å². The summed E-state index contributed by atoms with van der Waals surface area (Å²) in [4.78, 5) is 17.9. The Morgan fingerprint density at radius 2 is 2.03 bits per heavy atom. The van der Waals surface area contributed by atoms with E-state index in [-0.39, 0.29) is 17.1 Å². The molecule has 1 aromatic carbocycles. The molecule has 0 radical (unpaired) electrons. The molecule has 4 rings (SSSR count). The third kappa shape index (κ3) is 4.33. The third-order valence-electron chi connectivity index (χ3n) is 4.99. The summed E-state index contributed by atoms with van der Waals surface area (Å²) in [5.74, 6) is -0.132. The molecule has 3 aromatic rings. The fraction of sp³-hybridized carbons (Fsp3) is 0.333. The number of oxazole rings is 1. The number of thiophene rings is 1. The van der Waals surface area contributed by atoms with Crippen molar-refractivity contribution >= 4 is 27.3 Å². The predicted molar refractivity (Wildman–Crippen MR) is 113 cm³/mol. The molecule has 0 aliphatic carbocycles. The van der Waals surface area contributed by atoms with Gasteiger partial charge < -0.3 is 9.15 Å². The SMILES string of the molecule is Cc1ccc(C(=O)OCc2coc(-c3cccs3)n2)cc1S(=O)(=O)N1CCCCC1. The lowest BCUT2D eigenvalue weighted by molar-refractivity contribution is 0.0467. The van der Waals surface area contributed by atoms with E-state index in [1.165, 1.54) is 28.0 Å². The molecule has 158 valence electrons. The second-order valence-electron chi connectivity index (χ2n) is 7.14. The first-order valence-corrected chi connectivity index (χ1v) is 12.0. The van der Waals surface area contributed by atoms with Crippen molar-refractivity contribution in [3.8, 4) is 10.8 Å². The molecule has 2 aromatic heterocycles. The molecule has 0 spiro atoms. The van der Waals surface area contributed by atoms with Crippen LogP contribution in [-0.2, 0) is 21.4 Å². The highest BCUT2D eigenvalue weighted by molar-refractivity contribution is 7.89. The number of aromatic nitrogens is 1. The van der Waals surface area contributed by atoms with E-state index in [2.05, 4.69) is 4.98 Å². The van der Waals surface area contributed by atoms with Crippen LogP contribution >= 0.6 is 11.3 Å². The van der Waals surface area contributed by atoms with Gasteiger partial charge in [-0.2, -0.15) is 4.31 Å². The largest absolute Gasteiger partial charge is 0.455 e. The maximum Gasteiger partial charge on any atom is 0.338 e. The van der Waals surface area contributed by atoms with Gasteiger partial charge in [0.25, 0.3) is 0 Å². The lowest BCUT2D eigenvalue weighted by Crippen LogP contribution is -2.36. The van der Waals surface area contributed by atoms with Gasteiger partial charge in [0.2, 0.25) is 15.9 Å². The van der Waals surface area contributed by atoms with E-state index in [0.717, 1.165) is 24.1 Å². The number of rotatable bonds is 6. The highest BCUT2D eigenvalue weighted by atomic mass is 32.2. The number of ether oxygens (including phenoxy) is 1. The van der Waals surface area contributed by atoms with Gasteiger partial charge in [-0.3, -0.25) is 0 Å². The van der Waals surface area contributed by atoms with Crippen LogP contribution in [0.4, 0.5) is 0 Å². The number of sulfonamides is 1. The van der Waals surface area contributed by atoms with Crippen molar-refractivity contribution in [1.82, 2.24) is 9.29 Å². The molecule has 1 fully saturated rings. The minimum absolute atomic E-state index is 0.0597. The number of carbonyl (C=O) groups is 1. The van der Waals surface area contributed by atoms with E-state index in [0.29, 0.717) is 30.2 Å². The van der Waals surface area contributed by atoms with E-state index >= 15 is 0 Å². The number of esters is 1. The lowest BCUT2D eigenvalue weighted by atomic mass is 10.1. The summed E-state index contributed by atoms with van der Waals surface area (Å²) in [6, 6.07) is 8.41. The van der Waals surface area contributed by atoms with Crippen LogP contribution in [0.15, 0.2) is 51.3 Å². The lowest BCUT2D eigenvalue weighted by Gasteiger charge is -2.26. The molecule has 1 aliphatic rings. The number of aryl methyl sites for hydroxylation is 1. The summed E-state index contributed by atoms with van der Waals surface area (Å²) < 4.78 is 38.3. The fourth-order valence-electron chi connectivity index (χ4n) is 3.36. The predicted octanol–water partition coefficient (Wildman–Crippen LogP) is 4.24. The second-order valence-corrected chi connectivity index (χ2v) is 10.00. The minimum atomic E-state index is -3.64. The normalized spacial score (nSPS) is 15.2. The Morgan fingerprint density at radius 1 is 1.23 bits per heavy atom. The van der Waals surface area contributed by atoms with Crippen LogP contribution in [0.2, 0.25) is 0 Å². The number of nitrogens with zero attached hydrogens (tertiary/aromatic N) is 2. The summed E-state index contributed by atoms with van der Waals surface area (Å²) in [5, 5.41) is 1.92. The monoisotopic (exact) mass is 446 g/mol. The first-order valence-electron chi connectivity index (χ1n) is 9.71. The zero-order valence-corrected chi connectivity index (χ0v) is 18.2. The zero-order valence-electron chi connectivity index (χ0n) is 16.5. The zero-order chi connectivity index (χ0) is 21.1. The second kappa shape index (κ2) is 8.71. The average Bonchev–Trinajstić information content (AvgIpc) is 3.45. The van der Waals surface area contributed by atoms with Gasteiger partial charge in [-0.25, -0.2) is 18.2 Å². The molecule has 1 saturated heterocycles. The van der Waals surface area contributed by atoms with Crippen molar-refractivity contribution in [1.29, 1.82) is 0 Å². The van der Waals surface area contributed by atoms with Crippen LogP contribution in [-0.4, -0.2) is 36.8 Å². The van der Waals surface area contributed by atoms with Crippen LogP contribution in [0, 0.1) is 6.92 Å². The van der Waals surface area contributed by atoms with Crippen molar-refractivity contribution in [2.75, 3.05) is 13.1 Å². The first-order chi connectivity index (χ1) is 14.4. The van der Waals surface area contributed by atoms with Crippen LogP contribution < -0.4 is 0 Å². The van der Waals surface area contributed by atoms with Gasteiger partial charge in [0.15, 0.2) is 0 Å². The number of hydrogen-bond donors (Lipinski definition) is 0. The Kier molecular flexibility index (Phi) is 6.03. The Hall–Kier alpha value is -2.49. The standard InChI is InChI=1S/C21H22N2O5S2/c1-15-7-8-16(12-19(15)30(25,26)23-9-3-2-4-10-23)21(24)28-14-17-13-27-20(22-17)18-6-5-11-29-18/h5-8,11-13H,2-4,9-10,14H2,1H3. The van der Waals surface area contributed by atoms with Gasteiger partial charge >= 0.3 is 5.97 Å². The maximum atomic E-state index is 13.0. The van der Waals surface area contributed by atoms with Crippen LogP contribution in [0.3, 0.4) is 0 Å². The van der Waals surface area contributed by atoms with E-state index in [1.54, 1.807) is 19.1 Å². The van der Waals surface area contributed by atoms with Gasteiger partial charge in [0.1, 0.15) is 18.6 Å². The Balaban J connectivity index is 1.47. The topological polar surface area (TPSA) is 89.7 Å². The molecular weight excluding hydrogens is 424 g/mol. The molecule has 0 bridgehead atoms. The first kappa shape index (κ1) is 20.8. The van der Waals surface area contributed by atoms with Crippen molar-refractivity contribution in [3.63, 3.8) is 0 Å². The minimum Gasteiger partial charge on any atom is -0.455 e. The summed E-state index contributed by atoms with van der Waals surface area (Å²) in [5.41, 5.74) is 1.28. The molecule has 0 N–H and O–H groups in total. The third-order valence-corrected chi connectivity index (χ3v) is 7.89. The maximum absolute atomic E-state index is 13.0. The summed E-state index contributed by atoms with van der Waals surface area (Å²) in [6.45, 7) is 2.69. The molecular formula is C21H22N2O5S2. The van der Waals surface area contributed by atoms with Crippen molar-refractivity contribution < 1.29 is 22.4 Å². The van der Waals surface area contributed by atoms with Crippen LogP contribution in [0.1, 0.15) is 40.9 Å². The summed E-state index contributed by atoms with van der Waals surface area (Å²) in [6.07, 6.45) is 4.19. The Morgan fingerprint density at radius 3 is 2.77 bits per heavy atom. The smallest absolute Gasteiger partial charge is 0.338 e. The van der Waals surface area contributed by atoms with E-state index in [9.17, 15) is 13.2 Å². The van der Waals surface area contributed by atoms with Crippen molar-refractivity contribution in [2.24, 2.45) is 0 Å². The number of hydrogen-bond acceptors (Lipinski definition) is 7. The molecule has 30 heavy (non-hydrogen) atoms. The number of piperidine rings is 1. The Bertz CT molecular complexity index is 1130. The fourth-order valence-corrected chi connectivity index (χ4v) is 5.78. The van der Waals surface area contributed by atoms with Crippen LogP contribution in [0.25, 0.3) is 10.8 Å². The van der Waals surface area contributed by atoms with Gasteiger partial charge in [0.05, 0.1) is 15.3 Å². The summed E-state index contributed by atoms with van der Waals surface area (Å²) in [7, 11) is -3.64. The van der Waals surface area contributed by atoms with E-state index in [1.807, 2.05) is 17.5 Å².